The van der Waals surface area contributed by atoms with Gasteiger partial charge in [0.2, 0.25) is 17.7 Å². The molecule has 0 aromatic carbocycles. The van der Waals surface area contributed by atoms with Gasteiger partial charge in [-0.05, 0) is 31.7 Å². The van der Waals surface area contributed by atoms with Gasteiger partial charge in [-0.25, -0.2) is 4.79 Å². The van der Waals surface area contributed by atoms with Crippen LogP contribution in [-0.2, 0) is 19.2 Å². The lowest BCUT2D eigenvalue weighted by atomic mass is 10.0. The van der Waals surface area contributed by atoms with E-state index in [9.17, 15) is 24.3 Å². The fourth-order valence-electron chi connectivity index (χ4n) is 2.16. The minimum Gasteiger partial charge on any atom is -0.480 e. The van der Waals surface area contributed by atoms with E-state index in [2.05, 4.69) is 28.6 Å². The highest BCUT2D eigenvalue weighted by molar-refractivity contribution is 7.80. The van der Waals surface area contributed by atoms with E-state index in [4.69, 9.17) is 11.5 Å². The third-order valence-corrected chi connectivity index (χ3v) is 4.18. The van der Waals surface area contributed by atoms with Crippen molar-refractivity contribution in [3.63, 3.8) is 0 Å². The van der Waals surface area contributed by atoms with Crippen molar-refractivity contribution in [1.29, 1.82) is 0 Å². The number of hydrogen-bond donors (Lipinski definition) is 7. The van der Waals surface area contributed by atoms with Crippen molar-refractivity contribution in [3.05, 3.63) is 0 Å². The number of amides is 3. The van der Waals surface area contributed by atoms with Crippen molar-refractivity contribution in [2.75, 3.05) is 18.8 Å². The SMILES string of the molecule is CC(C)C(NC(=O)C(CCCCN)NC(=O)CNC(=O)C(N)CS)C(=O)O. The van der Waals surface area contributed by atoms with Crippen LogP contribution in [0.5, 0.6) is 0 Å². The Bertz CT molecular complexity index is 517. The summed E-state index contributed by atoms with van der Waals surface area (Å²) in [4.78, 5) is 47.3. The van der Waals surface area contributed by atoms with Crippen LogP contribution in [0.3, 0.4) is 0 Å². The molecule has 11 heteroatoms. The number of carboxylic acid groups (broad SMARTS) is 1. The normalized spacial score (nSPS) is 14.1. The molecule has 3 unspecified atom stereocenters. The van der Waals surface area contributed by atoms with E-state index >= 15 is 0 Å². The van der Waals surface area contributed by atoms with Gasteiger partial charge in [0, 0.05) is 5.75 Å². The smallest absolute Gasteiger partial charge is 0.326 e. The predicted octanol–water partition coefficient (Wildman–Crippen LogP) is -1.80. The Hall–Kier alpha value is -1.85. The van der Waals surface area contributed by atoms with Crippen molar-refractivity contribution in [2.45, 2.75) is 51.2 Å². The summed E-state index contributed by atoms with van der Waals surface area (Å²) in [6.45, 7) is 3.42. The zero-order chi connectivity index (χ0) is 21.0. The third-order valence-electron chi connectivity index (χ3n) is 3.79. The fraction of sp³-hybridized carbons (Fsp3) is 0.750. The van der Waals surface area contributed by atoms with E-state index in [1.807, 2.05) is 0 Å². The maximum Gasteiger partial charge on any atom is 0.326 e. The molecule has 0 aromatic rings. The molecule has 3 amide bonds. The molecule has 0 rings (SSSR count). The molecule has 0 spiro atoms. The molecule has 0 aromatic heterocycles. The minimum absolute atomic E-state index is 0.128. The van der Waals surface area contributed by atoms with Crippen molar-refractivity contribution in [1.82, 2.24) is 16.0 Å². The van der Waals surface area contributed by atoms with Gasteiger partial charge < -0.3 is 32.5 Å². The zero-order valence-electron chi connectivity index (χ0n) is 15.7. The summed E-state index contributed by atoms with van der Waals surface area (Å²) in [7, 11) is 0. The molecular weight excluding hydrogens is 374 g/mol. The number of thiol groups is 1. The average Bonchev–Trinajstić information content (AvgIpc) is 2.61. The zero-order valence-corrected chi connectivity index (χ0v) is 16.6. The Morgan fingerprint density at radius 2 is 1.70 bits per heavy atom. The van der Waals surface area contributed by atoms with Crippen molar-refractivity contribution >= 4 is 36.3 Å². The van der Waals surface area contributed by atoms with Gasteiger partial charge in [-0.1, -0.05) is 13.8 Å². The number of carbonyl (C=O) groups is 4. The van der Waals surface area contributed by atoms with Gasteiger partial charge in [0.15, 0.2) is 0 Å². The quantitative estimate of drug-likeness (QED) is 0.140. The van der Waals surface area contributed by atoms with Crippen molar-refractivity contribution in [3.8, 4) is 0 Å². The number of unbranched alkanes of at least 4 members (excludes halogenated alkanes) is 1. The molecule has 0 aliphatic rings. The molecule has 0 heterocycles. The van der Waals surface area contributed by atoms with Crippen molar-refractivity contribution < 1.29 is 24.3 Å². The number of nitrogens with one attached hydrogen (secondary N) is 3. The van der Waals surface area contributed by atoms with E-state index in [1.54, 1.807) is 13.8 Å². The maximum atomic E-state index is 12.4. The average molecular weight is 406 g/mol. The van der Waals surface area contributed by atoms with Crippen LogP contribution in [-0.4, -0.2) is 65.8 Å². The molecular formula is C16H31N5O5S. The molecule has 0 bridgehead atoms. The monoisotopic (exact) mass is 405 g/mol. The van der Waals surface area contributed by atoms with Crippen LogP contribution in [0.25, 0.3) is 0 Å². The fourth-order valence-corrected chi connectivity index (χ4v) is 2.32. The first-order valence-electron chi connectivity index (χ1n) is 8.80. The second-order valence-corrected chi connectivity index (χ2v) is 6.85. The topological polar surface area (TPSA) is 177 Å². The second kappa shape index (κ2) is 13.3. The van der Waals surface area contributed by atoms with Crippen LogP contribution in [0.2, 0.25) is 0 Å². The van der Waals surface area contributed by atoms with E-state index < -0.39 is 41.8 Å². The Labute approximate surface area is 164 Å². The highest BCUT2D eigenvalue weighted by atomic mass is 32.1. The molecule has 27 heavy (non-hydrogen) atoms. The summed E-state index contributed by atoms with van der Waals surface area (Å²) in [5.74, 6) is -3.07. The van der Waals surface area contributed by atoms with E-state index in [1.165, 1.54) is 0 Å². The summed E-state index contributed by atoms with van der Waals surface area (Å²) in [5.41, 5.74) is 10.9. The van der Waals surface area contributed by atoms with Crippen LogP contribution in [0, 0.1) is 5.92 Å². The first-order chi connectivity index (χ1) is 12.6. The predicted molar refractivity (Wildman–Crippen MR) is 104 cm³/mol. The first-order valence-corrected chi connectivity index (χ1v) is 9.44. The molecule has 0 aliphatic heterocycles. The van der Waals surface area contributed by atoms with Gasteiger partial charge in [0.1, 0.15) is 12.1 Å². The molecule has 0 saturated carbocycles. The van der Waals surface area contributed by atoms with E-state index in [0.717, 1.165) is 0 Å². The first kappa shape index (κ1) is 25.1. The highest BCUT2D eigenvalue weighted by Crippen LogP contribution is 2.05. The van der Waals surface area contributed by atoms with Crippen LogP contribution in [0.15, 0.2) is 0 Å². The number of carboxylic acids is 1. The van der Waals surface area contributed by atoms with Crippen molar-refractivity contribution in [2.24, 2.45) is 17.4 Å². The van der Waals surface area contributed by atoms with Gasteiger partial charge in [-0.3, -0.25) is 14.4 Å². The van der Waals surface area contributed by atoms with Crippen LogP contribution < -0.4 is 27.4 Å². The number of hydrogen-bond acceptors (Lipinski definition) is 7. The van der Waals surface area contributed by atoms with Crippen LogP contribution >= 0.6 is 12.6 Å². The number of rotatable bonds is 13. The second-order valence-electron chi connectivity index (χ2n) is 6.48. The third kappa shape index (κ3) is 10.2. The Morgan fingerprint density at radius 3 is 2.19 bits per heavy atom. The summed E-state index contributed by atoms with van der Waals surface area (Å²) in [6, 6.07) is -2.84. The van der Waals surface area contributed by atoms with Gasteiger partial charge in [0.25, 0.3) is 0 Å². The molecule has 156 valence electrons. The molecule has 0 fully saturated rings. The lowest BCUT2D eigenvalue weighted by Gasteiger charge is -2.23. The summed E-state index contributed by atoms with van der Waals surface area (Å²) in [6.07, 6.45) is 1.52. The van der Waals surface area contributed by atoms with E-state index in [-0.39, 0.29) is 18.2 Å². The summed E-state index contributed by atoms with van der Waals surface area (Å²) in [5, 5.41) is 16.5. The Kier molecular flexibility index (Phi) is 12.4. The van der Waals surface area contributed by atoms with Crippen LogP contribution in [0.1, 0.15) is 33.1 Å². The Balaban J connectivity index is 4.87. The molecule has 3 atom stereocenters. The van der Waals surface area contributed by atoms with Crippen LogP contribution in [0.4, 0.5) is 0 Å². The molecule has 8 N–H and O–H groups in total. The molecule has 0 radical (unpaired) electrons. The maximum absolute atomic E-state index is 12.4. The number of nitrogens with two attached hydrogens (primary N) is 2. The van der Waals surface area contributed by atoms with E-state index in [0.29, 0.717) is 25.8 Å². The standard InChI is InChI=1S/C16H31N5O5S/c1-9(2)13(16(25)26)21-15(24)11(5-3-4-6-17)20-12(22)7-19-14(23)10(18)8-27/h9-11,13,27H,3-8,17-18H2,1-2H3,(H,19,23)(H,20,22)(H,21,24)(H,25,26). The van der Waals surface area contributed by atoms with Gasteiger partial charge in [-0.2, -0.15) is 12.6 Å². The molecule has 0 aliphatic carbocycles. The largest absolute Gasteiger partial charge is 0.480 e. The lowest BCUT2D eigenvalue weighted by molar-refractivity contribution is -0.143. The number of aliphatic carboxylic acids is 1. The highest BCUT2D eigenvalue weighted by Gasteiger charge is 2.28. The summed E-state index contributed by atoms with van der Waals surface area (Å²) < 4.78 is 0. The lowest BCUT2D eigenvalue weighted by Crippen LogP contribution is -2.54. The van der Waals surface area contributed by atoms with Gasteiger partial charge in [0.05, 0.1) is 12.6 Å². The minimum atomic E-state index is -1.15. The van der Waals surface area contributed by atoms with Gasteiger partial charge >= 0.3 is 5.97 Å². The van der Waals surface area contributed by atoms with Gasteiger partial charge in [-0.15, -0.1) is 0 Å². The number of carbonyl (C=O) groups excluding carboxylic acids is 3. The molecule has 0 saturated heterocycles. The summed E-state index contributed by atoms with van der Waals surface area (Å²) >= 11 is 3.90. The Morgan fingerprint density at radius 1 is 1.07 bits per heavy atom. The molecule has 10 nitrogen and oxygen atoms in total.